The lowest BCUT2D eigenvalue weighted by atomic mass is 10.0. The Hall–Kier alpha value is -0.900. The van der Waals surface area contributed by atoms with Gasteiger partial charge in [0.05, 0.1) is 0 Å². The van der Waals surface area contributed by atoms with E-state index in [1.165, 1.54) is 0 Å². The molecule has 1 aliphatic rings. The van der Waals surface area contributed by atoms with Gasteiger partial charge in [0.1, 0.15) is 0 Å². The normalized spacial score (nSPS) is 21.4. The molecule has 1 atom stereocenters. The predicted molar refractivity (Wildman–Crippen MR) is 70.4 cm³/mol. The van der Waals surface area contributed by atoms with Gasteiger partial charge in [-0.1, -0.05) is 6.92 Å². The Morgan fingerprint density at radius 2 is 2.29 bits per heavy atom. The molecular formula is C13H17BrN2O. The Kier molecular flexibility index (Phi) is 4.15. The summed E-state index contributed by atoms with van der Waals surface area (Å²) in [5.74, 6) is 0.930. The van der Waals surface area contributed by atoms with Gasteiger partial charge in [0.15, 0.2) is 0 Å². The molecule has 1 amide bonds. The molecule has 3 nitrogen and oxygen atoms in total. The van der Waals surface area contributed by atoms with Gasteiger partial charge in [0.2, 0.25) is 5.91 Å². The van der Waals surface area contributed by atoms with Crippen LogP contribution in [0.3, 0.4) is 0 Å². The van der Waals surface area contributed by atoms with E-state index in [0.29, 0.717) is 18.9 Å². The molecule has 0 radical (unpaired) electrons. The first-order valence-corrected chi connectivity index (χ1v) is 6.81. The molecule has 1 saturated heterocycles. The van der Waals surface area contributed by atoms with Crippen molar-refractivity contribution < 1.29 is 4.79 Å². The lowest BCUT2D eigenvalue weighted by Crippen LogP contribution is -2.29. The Labute approximate surface area is 110 Å². The first-order chi connectivity index (χ1) is 8.15. The van der Waals surface area contributed by atoms with Gasteiger partial charge in [-0.2, -0.15) is 0 Å². The minimum atomic E-state index is 0.273. The number of carbonyl (C=O) groups is 1. The van der Waals surface area contributed by atoms with Gasteiger partial charge < -0.3 is 4.90 Å². The summed E-state index contributed by atoms with van der Waals surface area (Å²) in [6, 6.07) is 2.02. The maximum absolute atomic E-state index is 11.9. The highest BCUT2D eigenvalue weighted by atomic mass is 79.9. The molecule has 1 aromatic rings. The second kappa shape index (κ2) is 5.63. The molecule has 2 heterocycles. The highest BCUT2D eigenvalue weighted by Crippen LogP contribution is 2.19. The van der Waals surface area contributed by atoms with Crippen molar-refractivity contribution in [3.63, 3.8) is 0 Å². The van der Waals surface area contributed by atoms with E-state index in [4.69, 9.17) is 0 Å². The largest absolute Gasteiger partial charge is 0.338 e. The molecule has 4 heteroatoms. The monoisotopic (exact) mass is 296 g/mol. The molecule has 17 heavy (non-hydrogen) atoms. The van der Waals surface area contributed by atoms with Crippen LogP contribution < -0.4 is 0 Å². The van der Waals surface area contributed by atoms with Crippen molar-refractivity contribution in [1.82, 2.24) is 9.88 Å². The number of hydrogen-bond acceptors (Lipinski definition) is 2. The lowest BCUT2D eigenvalue weighted by Gasteiger charge is -2.20. The first-order valence-electron chi connectivity index (χ1n) is 6.02. The number of hydrogen-bond donors (Lipinski definition) is 0. The SMILES string of the molecule is CC1CCC(=O)N(Cc2cncc(Br)c2)CC1. The Morgan fingerprint density at radius 3 is 3.06 bits per heavy atom. The van der Waals surface area contributed by atoms with Crippen molar-refractivity contribution in [2.45, 2.75) is 32.7 Å². The zero-order valence-electron chi connectivity index (χ0n) is 10.0. The topological polar surface area (TPSA) is 33.2 Å². The van der Waals surface area contributed by atoms with Crippen LogP contribution in [-0.4, -0.2) is 22.3 Å². The van der Waals surface area contributed by atoms with Crippen LogP contribution in [0.2, 0.25) is 0 Å². The maximum Gasteiger partial charge on any atom is 0.222 e. The summed E-state index contributed by atoms with van der Waals surface area (Å²) in [4.78, 5) is 18.0. The van der Waals surface area contributed by atoms with Crippen LogP contribution >= 0.6 is 15.9 Å². The summed E-state index contributed by atoms with van der Waals surface area (Å²) in [6.07, 6.45) is 6.39. The van der Waals surface area contributed by atoms with Crippen molar-refractivity contribution in [1.29, 1.82) is 0 Å². The van der Waals surface area contributed by atoms with Gasteiger partial charge in [0.25, 0.3) is 0 Å². The fraction of sp³-hybridized carbons (Fsp3) is 0.538. The molecule has 0 bridgehead atoms. The van der Waals surface area contributed by atoms with E-state index in [-0.39, 0.29) is 5.91 Å². The molecule has 2 rings (SSSR count). The van der Waals surface area contributed by atoms with E-state index in [0.717, 1.165) is 29.4 Å². The van der Waals surface area contributed by atoms with Gasteiger partial charge in [-0.3, -0.25) is 9.78 Å². The minimum absolute atomic E-state index is 0.273. The molecule has 0 aliphatic carbocycles. The second-order valence-electron chi connectivity index (χ2n) is 4.76. The molecule has 0 spiro atoms. The zero-order valence-corrected chi connectivity index (χ0v) is 11.6. The smallest absolute Gasteiger partial charge is 0.222 e. The van der Waals surface area contributed by atoms with E-state index < -0.39 is 0 Å². The molecule has 1 aliphatic heterocycles. The number of likely N-dealkylation sites (tertiary alicyclic amines) is 1. The highest BCUT2D eigenvalue weighted by molar-refractivity contribution is 9.10. The van der Waals surface area contributed by atoms with Crippen LogP contribution in [0.4, 0.5) is 0 Å². The molecule has 1 unspecified atom stereocenters. The van der Waals surface area contributed by atoms with Crippen molar-refractivity contribution in [2.24, 2.45) is 5.92 Å². The van der Waals surface area contributed by atoms with Crippen LogP contribution in [0.1, 0.15) is 31.7 Å². The number of aromatic nitrogens is 1. The third-order valence-corrected chi connectivity index (χ3v) is 3.66. The molecule has 0 aromatic carbocycles. The van der Waals surface area contributed by atoms with Crippen molar-refractivity contribution in [3.05, 3.63) is 28.5 Å². The molecule has 1 fully saturated rings. The fourth-order valence-electron chi connectivity index (χ4n) is 2.10. The summed E-state index contributed by atoms with van der Waals surface area (Å²) in [6.45, 7) is 3.77. The number of pyridine rings is 1. The fourth-order valence-corrected chi connectivity index (χ4v) is 2.52. The second-order valence-corrected chi connectivity index (χ2v) is 5.67. The van der Waals surface area contributed by atoms with E-state index in [9.17, 15) is 4.79 Å². The number of rotatable bonds is 2. The van der Waals surface area contributed by atoms with E-state index in [1.54, 1.807) is 6.20 Å². The minimum Gasteiger partial charge on any atom is -0.338 e. The molecular weight excluding hydrogens is 280 g/mol. The lowest BCUT2D eigenvalue weighted by molar-refractivity contribution is -0.131. The molecule has 0 saturated carbocycles. The average Bonchev–Trinajstić information content (AvgIpc) is 2.45. The summed E-state index contributed by atoms with van der Waals surface area (Å²) < 4.78 is 0.964. The Morgan fingerprint density at radius 1 is 1.47 bits per heavy atom. The molecule has 1 aromatic heterocycles. The predicted octanol–water partition coefficient (Wildman–Crippen LogP) is 2.99. The van der Waals surface area contributed by atoms with Crippen LogP contribution in [0.5, 0.6) is 0 Å². The number of amides is 1. The Bertz CT molecular complexity index is 408. The van der Waals surface area contributed by atoms with Crippen LogP contribution in [-0.2, 0) is 11.3 Å². The van der Waals surface area contributed by atoms with Crippen molar-refractivity contribution >= 4 is 21.8 Å². The summed E-state index contributed by atoms with van der Waals surface area (Å²) in [7, 11) is 0. The maximum atomic E-state index is 11.9. The number of nitrogens with zero attached hydrogens (tertiary/aromatic N) is 2. The van der Waals surface area contributed by atoms with E-state index in [2.05, 4.69) is 27.8 Å². The first kappa shape index (κ1) is 12.6. The molecule has 0 N–H and O–H groups in total. The van der Waals surface area contributed by atoms with E-state index in [1.807, 2.05) is 17.2 Å². The van der Waals surface area contributed by atoms with Gasteiger partial charge in [-0.15, -0.1) is 0 Å². The quantitative estimate of drug-likeness (QED) is 0.841. The van der Waals surface area contributed by atoms with Gasteiger partial charge in [-0.05, 0) is 46.3 Å². The summed E-state index contributed by atoms with van der Waals surface area (Å²) >= 11 is 3.40. The van der Waals surface area contributed by atoms with Crippen molar-refractivity contribution in [2.75, 3.05) is 6.54 Å². The van der Waals surface area contributed by atoms with Gasteiger partial charge in [0, 0.05) is 36.4 Å². The highest BCUT2D eigenvalue weighted by Gasteiger charge is 2.20. The third-order valence-electron chi connectivity index (χ3n) is 3.23. The summed E-state index contributed by atoms with van der Waals surface area (Å²) in [5.41, 5.74) is 1.09. The van der Waals surface area contributed by atoms with Crippen LogP contribution in [0.25, 0.3) is 0 Å². The van der Waals surface area contributed by atoms with Crippen molar-refractivity contribution in [3.8, 4) is 0 Å². The zero-order chi connectivity index (χ0) is 12.3. The number of carbonyl (C=O) groups excluding carboxylic acids is 1. The van der Waals surface area contributed by atoms with Crippen LogP contribution in [0.15, 0.2) is 22.9 Å². The van der Waals surface area contributed by atoms with E-state index >= 15 is 0 Å². The summed E-state index contributed by atoms with van der Waals surface area (Å²) in [5, 5.41) is 0. The molecule has 92 valence electrons. The number of halogens is 1. The van der Waals surface area contributed by atoms with Gasteiger partial charge in [-0.25, -0.2) is 0 Å². The average molecular weight is 297 g/mol. The standard InChI is InChI=1S/C13H17BrN2O/c1-10-2-3-13(17)16(5-4-10)9-11-6-12(14)8-15-7-11/h6-8,10H,2-5,9H2,1H3. The Balaban J connectivity index is 2.04. The van der Waals surface area contributed by atoms with Crippen LogP contribution in [0, 0.1) is 5.92 Å². The third kappa shape index (κ3) is 3.53. The van der Waals surface area contributed by atoms with Gasteiger partial charge >= 0.3 is 0 Å².